The van der Waals surface area contributed by atoms with Gasteiger partial charge in [0, 0.05) is 21.4 Å². The van der Waals surface area contributed by atoms with Crippen LogP contribution in [0.5, 0.6) is 0 Å². The Balaban J connectivity index is 1.61. The zero-order valence-electron chi connectivity index (χ0n) is 16.8. The number of ether oxygens (including phenoxy) is 1. The van der Waals surface area contributed by atoms with Crippen molar-refractivity contribution in [1.82, 2.24) is 4.98 Å². The number of hydrogen-bond acceptors (Lipinski definition) is 5. The van der Waals surface area contributed by atoms with Gasteiger partial charge in [0.15, 0.2) is 5.70 Å². The summed E-state index contributed by atoms with van der Waals surface area (Å²) in [6.45, 7) is 2.05. The molecule has 1 aliphatic heterocycles. The number of cyclic esters (lactones) is 1. The number of benzene rings is 3. The molecule has 0 atom stereocenters. The molecule has 0 amide bonds. The van der Waals surface area contributed by atoms with Crippen molar-refractivity contribution in [3.8, 4) is 0 Å². The molecule has 0 fully saturated rings. The van der Waals surface area contributed by atoms with E-state index in [2.05, 4.69) is 30.1 Å². The van der Waals surface area contributed by atoms with Crippen LogP contribution >= 0.6 is 11.8 Å². The van der Waals surface area contributed by atoms with E-state index in [-0.39, 0.29) is 5.70 Å². The van der Waals surface area contributed by atoms with Gasteiger partial charge in [0.2, 0.25) is 5.90 Å². The highest BCUT2D eigenvalue weighted by molar-refractivity contribution is 7.99. The Morgan fingerprint density at radius 2 is 1.65 bits per heavy atom. The van der Waals surface area contributed by atoms with E-state index in [0.717, 1.165) is 37.5 Å². The average molecular weight is 423 g/mol. The first-order chi connectivity index (χ1) is 15.2. The molecule has 0 spiro atoms. The van der Waals surface area contributed by atoms with Crippen LogP contribution in [-0.4, -0.2) is 16.9 Å². The largest absolute Gasteiger partial charge is 0.402 e. The number of esters is 1. The van der Waals surface area contributed by atoms with Crippen LogP contribution in [0, 0.1) is 6.92 Å². The maximum absolute atomic E-state index is 12.5. The van der Waals surface area contributed by atoms with Crippen molar-refractivity contribution in [2.45, 2.75) is 16.8 Å². The van der Waals surface area contributed by atoms with Crippen molar-refractivity contribution in [3.05, 3.63) is 107 Å². The third-order valence-electron chi connectivity index (χ3n) is 4.85. The van der Waals surface area contributed by atoms with Gasteiger partial charge in [-0.3, -0.25) is 0 Å². The topological polar surface area (TPSA) is 51.6 Å². The molecule has 5 rings (SSSR count). The van der Waals surface area contributed by atoms with Crippen LogP contribution in [0.3, 0.4) is 0 Å². The smallest absolute Gasteiger partial charge is 0.363 e. The van der Waals surface area contributed by atoms with E-state index in [4.69, 9.17) is 9.72 Å². The van der Waals surface area contributed by atoms with E-state index < -0.39 is 5.97 Å². The van der Waals surface area contributed by atoms with E-state index in [0.29, 0.717) is 5.90 Å². The van der Waals surface area contributed by atoms with Gasteiger partial charge in [0.05, 0.1) is 5.52 Å². The van der Waals surface area contributed by atoms with E-state index in [1.807, 2.05) is 66.7 Å². The molecule has 0 unspecified atom stereocenters. The van der Waals surface area contributed by atoms with Gasteiger partial charge in [-0.2, -0.15) is 0 Å². The van der Waals surface area contributed by atoms with Gasteiger partial charge in [-0.1, -0.05) is 59.8 Å². The minimum atomic E-state index is -0.459. The van der Waals surface area contributed by atoms with Crippen molar-refractivity contribution in [2.75, 3.05) is 0 Å². The fourth-order valence-corrected chi connectivity index (χ4v) is 4.24. The molecule has 4 aromatic rings. The van der Waals surface area contributed by atoms with E-state index in [9.17, 15) is 4.79 Å². The zero-order valence-corrected chi connectivity index (χ0v) is 17.6. The van der Waals surface area contributed by atoms with Gasteiger partial charge >= 0.3 is 5.97 Å². The van der Waals surface area contributed by atoms with Gasteiger partial charge in [-0.25, -0.2) is 14.8 Å². The lowest BCUT2D eigenvalue weighted by Crippen LogP contribution is -2.05. The SMILES string of the molecule is Cc1ccc2nc(Sc3ccccc3)c(C=C3N=C(c4ccccc4)OC3=O)cc2c1. The molecule has 5 heteroatoms. The van der Waals surface area contributed by atoms with E-state index in [1.54, 1.807) is 17.8 Å². The van der Waals surface area contributed by atoms with Crippen molar-refractivity contribution < 1.29 is 9.53 Å². The highest BCUT2D eigenvalue weighted by Crippen LogP contribution is 2.33. The molecule has 3 aromatic carbocycles. The lowest BCUT2D eigenvalue weighted by molar-refractivity contribution is -0.129. The maximum atomic E-state index is 12.5. The van der Waals surface area contributed by atoms with Crippen LogP contribution in [0.1, 0.15) is 16.7 Å². The average Bonchev–Trinajstić information content (AvgIpc) is 3.16. The quantitative estimate of drug-likeness (QED) is 0.297. The molecule has 4 nitrogen and oxygen atoms in total. The third-order valence-corrected chi connectivity index (χ3v) is 5.88. The van der Waals surface area contributed by atoms with Crippen LogP contribution in [0.4, 0.5) is 0 Å². The van der Waals surface area contributed by atoms with E-state index in [1.165, 1.54) is 0 Å². The Labute approximate surface area is 184 Å². The van der Waals surface area contributed by atoms with Crippen LogP contribution in [0.15, 0.2) is 106 Å². The molecule has 0 N–H and O–H groups in total. The van der Waals surface area contributed by atoms with Crippen molar-refractivity contribution in [1.29, 1.82) is 0 Å². The number of fused-ring (bicyclic) bond motifs is 1. The van der Waals surface area contributed by atoms with Crippen LogP contribution in [0.2, 0.25) is 0 Å². The second kappa shape index (κ2) is 8.20. The van der Waals surface area contributed by atoms with Crippen molar-refractivity contribution >= 4 is 40.6 Å². The molecule has 2 heterocycles. The number of rotatable bonds is 4. The highest BCUT2D eigenvalue weighted by atomic mass is 32.2. The highest BCUT2D eigenvalue weighted by Gasteiger charge is 2.24. The van der Waals surface area contributed by atoms with Gasteiger partial charge < -0.3 is 4.74 Å². The summed E-state index contributed by atoms with van der Waals surface area (Å²) in [5, 5.41) is 1.83. The molecule has 0 saturated carbocycles. The second-order valence-electron chi connectivity index (χ2n) is 7.20. The van der Waals surface area contributed by atoms with Crippen LogP contribution < -0.4 is 0 Å². The molecular weight excluding hydrogens is 404 g/mol. The van der Waals surface area contributed by atoms with Gasteiger partial charge in [-0.15, -0.1) is 0 Å². The summed E-state index contributed by atoms with van der Waals surface area (Å²) in [4.78, 5) is 22.9. The van der Waals surface area contributed by atoms with Gasteiger partial charge in [-0.05, 0) is 55.5 Å². The number of aliphatic imine (C=N–C) groups is 1. The van der Waals surface area contributed by atoms with Gasteiger partial charge in [0.25, 0.3) is 0 Å². The molecule has 0 aliphatic carbocycles. The Morgan fingerprint density at radius 1 is 0.903 bits per heavy atom. The first-order valence-corrected chi connectivity index (χ1v) is 10.7. The number of aryl methyl sites for hydroxylation is 1. The number of carbonyl (C=O) groups is 1. The number of hydrogen-bond donors (Lipinski definition) is 0. The predicted octanol–water partition coefficient (Wildman–Crippen LogP) is 6.04. The first-order valence-electron chi connectivity index (χ1n) is 9.88. The predicted molar refractivity (Wildman–Crippen MR) is 124 cm³/mol. The minimum absolute atomic E-state index is 0.266. The summed E-state index contributed by atoms with van der Waals surface area (Å²) in [5.41, 5.74) is 3.93. The summed E-state index contributed by atoms with van der Waals surface area (Å²) in [7, 11) is 0. The number of pyridine rings is 1. The summed E-state index contributed by atoms with van der Waals surface area (Å²) in [5.74, 6) is -0.141. The Bertz CT molecular complexity index is 1350. The summed E-state index contributed by atoms with van der Waals surface area (Å²) >= 11 is 1.56. The Hall–Kier alpha value is -3.70. The lowest BCUT2D eigenvalue weighted by Gasteiger charge is -2.08. The molecular formula is C26H18N2O2S. The summed E-state index contributed by atoms with van der Waals surface area (Å²) in [6, 6.07) is 27.7. The molecule has 1 aliphatic rings. The van der Waals surface area contributed by atoms with E-state index >= 15 is 0 Å². The van der Waals surface area contributed by atoms with Crippen LogP contribution in [-0.2, 0) is 9.53 Å². The Morgan fingerprint density at radius 3 is 2.42 bits per heavy atom. The molecule has 0 bridgehead atoms. The fraction of sp³-hybridized carbons (Fsp3) is 0.0385. The van der Waals surface area contributed by atoms with Crippen molar-refractivity contribution in [3.63, 3.8) is 0 Å². The summed E-state index contributed by atoms with van der Waals surface area (Å²) < 4.78 is 5.41. The zero-order chi connectivity index (χ0) is 21.2. The molecule has 150 valence electrons. The maximum Gasteiger partial charge on any atom is 0.363 e. The van der Waals surface area contributed by atoms with Crippen molar-refractivity contribution in [2.24, 2.45) is 4.99 Å². The Kier molecular flexibility index (Phi) is 5.10. The molecule has 31 heavy (non-hydrogen) atoms. The monoisotopic (exact) mass is 422 g/mol. The number of carbonyl (C=O) groups excluding carboxylic acids is 1. The van der Waals surface area contributed by atoms with Gasteiger partial charge in [0.1, 0.15) is 5.03 Å². The lowest BCUT2D eigenvalue weighted by atomic mass is 10.1. The fourth-order valence-electron chi connectivity index (χ4n) is 3.34. The second-order valence-corrected chi connectivity index (χ2v) is 8.26. The molecule has 0 saturated heterocycles. The number of nitrogens with zero attached hydrogens (tertiary/aromatic N) is 2. The third kappa shape index (κ3) is 4.13. The van der Waals surface area contributed by atoms with Crippen LogP contribution in [0.25, 0.3) is 17.0 Å². The standard InChI is InChI=1S/C26H18N2O2S/c1-17-12-13-22-19(14-17)15-20(25(28-22)31-21-10-6-3-7-11-21)16-23-26(29)30-24(27-23)18-8-4-2-5-9-18/h2-16H,1H3. The first kappa shape index (κ1) is 19.3. The normalized spacial score (nSPS) is 14.7. The molecule has 0 radical (unpaired) electrons. The minimum Gasteiger partial charge on any atom is -0.402 e. The molecule has 1 aromatic heterocycles. The summed E-state index contributed by atoms with van der Waals surface area (Å²) in [6.07, 6.45) is 1.76. The number of aromatic nitrogens is 1.